The van der Waals surface area contributed by atoms with Crippen molar-refractivity contribution >= 4 is 6.08 Å². The highest BCUT2D eigenvalue weighted by Gasteiger charge is 1.99. The van der Waals surface area contributed by atoms with E-state index in [1.165, 1.54) is 12.1 Å². The van der Waals surface area contributed by atoms with Crippen LogP contribution >= 0.6 is 0 Å². The highest BCUT2D eigenvalue weighted by molar-refractivity contribution is 5.63. The number of hydrogen-bond donors (Lipinski definition) is 1. The van der Waals surface area contributed by atoms with E-state index in [2.05, 4.69) is 4.98 Å². The maximum atomic E-state index is 13.1. The summed E-state index contributed by atoms with van der Waals surface area (Å²) < 4.78 is 13.1. The third-order valence-electron chi connectivity index (χ3n) is 2.71. The van der Waals surface area contributed by atoms with Crippen molar-refractivity contribution in [1.29, 1.82) is 0 Å². The molecule has 102 valence electrons. The fourth-order valence-corrected chi connectivity index (χ4v) is 1.72. The number of rotatable bonds is 4. The number of allylic oxidation sites excluding steroid dienone is 2. The lowest BCUT2D eigenvalue weighted by Crippen LogP contribution is -1.90. The number of aliphatic hydroxyl groups excluding tert-OH is 1. The average Bonchev–Trinajstić information content (AvgIpc) is 2.44. The van der Waals surface area contributed by atoms with E-state index in [0.29, 0.717) is 0 Å². The van der Waals surface area contributed by atoms with Crippen molar-refractivity contribution < 1.29 is 9.50 Å². The predicted octanol–water partition coefficient (Wildman–Crippen LogP) is 3.84. The number of aliphatic hydroxyl groups is 1. The van der Waals surface area contributed by atoms with Crippen molar-refractivity contribution in [3.63, 3.8) is 0 Å². The van der Waals surface area contributed by atoms with Crippen LogP contribution in [0.5, 0.6) is 0 Å². The first-order chi connectivity index (χ1) is 9.65. The number of hydrogen-bond acceptors (Lipinski definition) is 2. The fraction of sp³-hybridized carbons (Fsp3) is 0.118. The molecule has 1 unspecified atom stereocenters. The first-order valence-electron chi connectivity index (χ1n) is 6.40. The SMILES string of the molecule is CC(O)/C=C/C=C/c1ccc(-c2cccc(F)c2)cn1. The summed E-state index contributed by atoms with van der Waals surface area (Å²) in [5.74, 6) is -0.255. The van der Waals surface area contributed by atoms with Gasteiger partial charge in [0.15, 0.2) is 0 Å². The Morgan fingerprint density at radius 1 is 1.15 bits per heavy atom. The summed E-state index contributed by atoms with van der Waals surface area (Å²) in [7, 11) is 0. The molecule has 0 spiro atoms. The second kappa shape index (κ2) is 6.78. The van der Waals surface area contributed by atoms with E-state index in [0.717, 1.165) is 16.8 Å². The minimum Gasteiger partial charge on any atom is -0.389 e. The van der Waals surface area contributed by atoms with Gasteiger partial charge in [0.25, 0.3) is 0 Å². The molecule has 0 bridgehead atoms. The van der Waals surface area contributed by atoms with Gasteiger partial charge >= 0.3 is 0 Å². The highest BCUT2D eigenvalue weighted by atomic mass is 19.1. The molecule has 1 aromatic heterocycles. The molecule has 2 aromatic rings. The van der Waals surface area contributed by atoms with Crippen molar-refractivity contribution in [3.8, 4) is 11.1 Å². The van der Waals surface area contributed by atoms with Gasteiger partial charge in [0.2, 0.25) is 0 Å². The van der Waals surface area contributed by atoms with Crippen molar-refractivity contribution in [3.05, 3.63) is 72.3 Å². The number of aromatic nitrogens is 1. The van der Waals surface area contributed by atoms with Gasteiger partial charge in [-0.2, -0.15) is 0 Å². The predicted molar refractivity (Wildman–Crippen MR) is 79.5 cm³/mol. The van der Waals surface area contributed by atoms with E-state index in [1.807, 2.05) is 30.4 Å². The van der Waals surface area contributed by atoms with Crippen molar-refractivity contribution in [2.75, 3.05) is 0 Å². The summed E-state index contributed by atoms with van der Waals surface area (Å²) >= 11 is 0. The monoisotopic (exact) mass is 269 g/mol. The van der Waals surface area contributed by atoms with Gasteiger partial charge in [0, 0.05) is 11.8 Å². The zero-order valence-electron chi connectivity index (χ0n) is 11.2. The molecule has 20 heavy (non-hydrogen) atoms. The van der Waals surface area contributed by atoms with Gasteiger partial charge in [-0.05, 0) is 36.8 Å². The van der Waals surface area contributed by atoms with Crippen LogP contribution in [0, 0.1) is 5.82 Å². The number of nitrogens with zero attached hydrogens (tertiary/aromatic N) is 1. The van der Waals surface area contributed by atoms with Gasteiger partial charge < -0.3 is 5.11 Å². The Labute approximate surface area is 117 Å². The van der Waals surface area contributed by atoms with Crippen LogP contribution in [0.3, 0.4) is 0 Å². The molecule has 0 fully saturated rings. The Balaban J connectivity index is 2.10. The largest absolute Gasteiger partial charge is 0.389 e. The van der Waals surface area contributed by atoms with E-state index in [4.69, 9.17) is 5.11 Å². The van der Waals surface area contributed by atoms with Gasteiger partial charge in [0.05, 0.1) is 11.8 Å². The minimum atomic E-state index is -0.456. The molecule has 0 aliphatic heterocycles. The molecule has 0 aliphatic rings. The van der Waals surface area contributed by atoms with Crippen LogP contribution in [0.15, 0.2) is 60.8 Å². The summed E-state index contributed by atoms with van der Waals surface area (Å²) in [5, 5.41) is 9.07. The third kappa shape index (κ3) is 4.14. The van der Waals surface area contributed by atoms with E-state index in [9.17, 15) is 4.39 Å². The van der Waals surface area contributed by atoms with Crippen LogP contribution in [0.4, 0.5) is 4.39 Å². The van der Waals surface area contributed by atoms with Crippen molar-refractivity contribution in [1.82, 2.24) is 4.98 Å². The first kappa shape index (κ1) is 14.2. The van der Waals surface area contributed by atoms with Gasteiger partial charge in [-0.3, -0.25) is 4.98 Å². The lowest BCUT2D eigenvalue weighted by Gasteiger charge is -2.01. The van der Waals surface area contributed by atoms with Crippen LogP contribution in [0.1, 0.15) is 12.6 Å². The molecule has 0 amide bonds. The standard InChI is InChI=1S/C17H16FNO/c1-13(20)5-2-3-8-17-10-9-15(12-19-17)14-6-4-7-16(18)11-14/h2-13,20H,1H3/b5-2+,8-3+. The first-order valence-corrected chi connectivity index (χ1v) is 6.40. The molecule has 3 heteroatoms. The van der Waals surface area contributed by atoms with Crippen LogP contribution < -0.4 is 0 Å². The third-order valence-corrected chi connectivity index (χ3v) is 2.71. The Bertz CT molecular complexity index is 615. The molecule has 1 heterocycles. The summed E-state index contributed by atoms with van der Waals surface area (Å²) in [6, 6.07) is 10.2. The lowest BCUT2D eigenvalue weighted by atomic mass is 10.1. The molecule has 1 aromatic carbocycles. The number of pyridine rings is 1. The highest BCUT2D eigenvalue weighted by Crippen LogP contribution is 2.19. The Morgan fingerprint density at radius 3 is 2.65 bits per heavy atom. The average molecular weight is 269 g/mol. The van der Waals surface area contributed by atoms with Crippen LogP contribution in [-0.2, 0) is 0 Å². The molecular formula is C17H16FNO. The molecule has 0 saturated heterocycles. The quantitative estimate of drug-likeness (QED) is 0.855. The van der Waals surface area contributed by atoms with E-state index in [1.54, 1.807) is 31.3 Å². The van der Waals surface area contributed by atoms with Gasteiger partial charge in [-0.15, -0.1) is 0 Å². The Kier molecular flexibility index (Phi) is 4.80. The van der Waals surface area contributed by atoms with Crippen LogP contribution in [0.2, 0.25) is 0 Å². The maximum absolute atomic E-state index is 13.1. The maximum Gasteiger partial charge on any atom is 0.123 e. The topological polar surface area (TPSA) is 33.1 Å². The summed E-state index contributed by atoms with van der Waals surface area (Å²) in [6.07, 6.45) is 8.37. The van der Waals surface area contributed by atoms with E-state index >= 15 is 0 Å². The molecule has 2 nitrogen and oxygen atoms in total. The Morgan fingerprint density at radius 2 is 2.00 bits per heavy atom. The molecule has 1 atom stereocenters. The minimum absolute atomic E-state index is 0.255. The molecule has 0 saturated carbocycles. The van der Waals surface area contributed by atoms with Crippen LogP contribution in [-0.4, -0.2) is 16.2 Å². The van der Waals surface area contributed by atoms with Gasteiger partial charge in [-0.1, -0.05) is 36.4 Å². The Hall–Kier alpha value is -2.26. The number of halogens is 1. The molecule has 0 aliphatic carbocycles. The molecule has 1 N–H and O–H groups in total. The molecular weight excluding hydrogens is 253 g/mol. The second-order valence-electron chi connectivity index (χ2n) is 4.47. The van der Waals surface area contributed by atoms with E-state index in [-0.39, 0.29) is 5.82 Å². The smallest absolute Gasteiger partial charge is 0.123 e. The zero-order chi connectivity index (χ0) is 14.4. The number of benzene rings is 1. The van der Waals surface area contributed by atoms with E-state index < -0.39 is 6.10 Å². The molecule has 0 radical (unpaired) electrons. The van der Waals surface area contributed by atoms with Gasteiger partial charge in [0.1, 0.15) is 5.82 Å². The summed E-state index contributed by atoms with van der Waals surface area (Å²) in [4.78, 5) is 4.30. The normalized spacial score (nSPS) is 13.2. The van der Waals surface area contributed by atoms with Crippen LogP contribution in [0.25, 0.3) is 17.2 Å². The fourth-order valence-electron chi connectivity index (χ4n) is 1.72. The molecule has 2 rings (SSSR count). The second-order valence-corrected chi connectivity index (χ2v) is 4.47. The lowest BCUT2D eigenvalue weighted by molar-refractivity contribution is 0.244. The van der Waals surface area contributed by atoms with Crippen molar-refractivity contribution in [2.45, 2.75) is 13.0 Å². The zero-order valence-corrected chi connectivity index (χ0v) is 11.2. The summed E-state index contributed by atoms with van der Waals surface area (Å²) in [5.41, 5.74) is 2.49. The van der Waals surface area contributed by atoms with Crippen molar-refractivity contribution in [2.24, 2.45) is 0 Å². The van der Waals surface area contributed by atoms with Gasteiger partial charge in [-0.25, -0.2) is 4.39 Å². The summed E-state index contributed by atoms with van der Waals surface area (Å²) in [6.45, 7) is 1.69.